The largest absolute Gasteiger partial charge is 0.384 e. The maximum atomic E-state index is 13.4. The van der Waals surface area contributed by atoms with Gasteiger partial charge in [0.05, 0.1) is 23.8 Å². The number of carbonyl (C=O) groups is 1. The van der Waals surface area contributed by atoms with E-state index < -0.39 is 9.84 Å². The van der Waals surface area contributed by atoms with Crippen molar-refractivity contribution in [2.45, 2.75) is 38.0 Å². The second-order valence-electron chi connectivity index (χ2n) is 9.11. The first-order valence-electron chi connectivity index (χ1n) is 11.7. The first-order valence-corrected chi connectivity index (χ1v) is 13.6. The number of likely N-dealkylation sites (tertiary alicyclic amines) is 1. The molecule has 1 N–H and O–H groups in total. The minimum Gasteiger partial charge on any atom is -0.384 e. The second-order valence-corrected chi connectivity index (χ2v) is 11.4. The van der Waals surface area contributed by atoms with E-state index in [-0.39, 0.29) is 42.5 Å². The molecule has 2 saturated heterocycles. The number of aryl methyl sites for hydroxylation is 1. The van der Waals surface area contributed by atoms with Gasteiger partial charge in [-0.3, -0.25) is 5.10 Å². The van der Waals surface area contributed by atoms with Gasteiger partial charge in [0.15, 0.2) is 9.84 Å². The normalized spacial score (nSPS) is 23.0. The number of rotatable bonds is 6. The molecular formula is C24H34N4O4S. The zero-order valence-electron chi connectivity index (χ0n) is 19.5. The predicted molar refractivity (Wildman–Crippen MR) is 127 cm³/mol. The molecule has 0 bridgehead atoms. The van der Waals surface area contributed by atoms with Crippen LogP contribution in [-0.2, 0) is 27.4 Å². The van der Waals surface area contributed by atoms with Crippen LogP contribution in [0.4, 0.5) is 4.79 Å². The molecule has 0 aliphatic carbocycles. The first-order chi connectivity index (χ1) is 15.9. The zero-order chi connectivity index (χ0) is 23.4. The molecule has 0 saturated carbocycles. The van der Waals surface area contributed by atoms with Crippen LogP contribution < -0.4 is 0 Å². The highest BCUT2D eigenvalue weighted by Gasteiger charge is 2.36. The van der Waals surface area contributed by atoms with Crippen LogP contribution in [0.2, 0.25) is 0 Å². The molecule has 2 unspecified atom stereocenters. The number of H-pyrrole nitrogens is 1. The summed E-state index contributed by atoms with van der Waals surface area (Å²) in [7, 11) is -1.35. The minimum atomic E-state index is -3.04. The Morgan fingerprint density at radius 3 is 2.48 bits per heavy atom. The molecule has 1 aromatic carbocycles. The Hall–Kier alpha value is -2.39. The Bertz CT molecular complexity index is 1040. The lowest BCUT2D eigenvalue weighted by Crippen LogP contribution is -2.53. The number of carbonyl (C=O) groups excluding carboxylic acids is 1. The van der Waals surface area contributed by atoms with Crippen LogP contribution in [0.25, 0.3) is 0 Å². The molecule has 2 aliphatic rings. The number of piperidine rings is 1. The summed E-state index contributed by atoms with van der Waals surface area (Å²) in [5.74, 6) is 0.395. The maximum Gasteiger partial charge on any atom is 0.320 e. The van der Waals surface area contributed by atoms with Gasteiger partial charge in [-0.15, -0.1) is 0 Å². The van der Waals surface area contributed by atoms with Crippen molar-refractivity contribution in [3.8, 4) is 0 Å². The van der Waals surface area contributed by atoms with Crippen LogP contribution in [-0.4, -0.2) is 85.8 Å². The third-order valence-electron chi connectivity index (χ3n) is 6.84. The highest BCUT2D eigenvalue weighted by Crippen LogP contribution is 2.36. The van der Waals surface area contributed by atoms with Crippen LogP contribution >= 0.6 is 0 Å². The number of ether oxygens (including phenoxy) is 1. The Kier molecular flexibility index (Phi) is 7.38. The van der Waals surface area contributed by atoms with Crippen LogP contribution in [0.3, 0.4) is 0 Å². The van der Waals surface area contributed by atoms with E-state index in [1.165, 1.54) is 11.1 Å². The maximum absolute atomic E-state index is 13.4. The number of methoxy groups -OCH3 is 1. The van der Waals surface area contributed by atoms with E-state index in [0.717, 1.165) is 30.7 Å². The molecule has 2 fully saturated rings. The summed E-state index contributed by atoms with van der Waals surface area (Å²) in [4.78, 5) is 17.0. The number of sulfone groups is 1. The van der Waals surface area contributed by atoms with Gasteiger partial charge in [-0.1, -0.05) is 31.2 Å². The number of hydrogen-bond acceptors (Lipinski definition) is 5. The number of urea groups is 1. The summed E-state index contributed by atoms with van der Waals surface area (Å²) in [5.41, 5.74) is 4.52. The molecule has 4 rings (SSSR count). The van der Waals surface area contributed by atoms with Crippen LogP contribution in [0.5, 0.6) is 0 Å². The molecule has 0 radical (unpaired) electrons. The molecule has 0 spiro atoms. The standard InChI is InChI=1S/C24H34N4O4S/c1-3-18-4-6-19(7-5-18)20-14-21(23-15-22(25-26-23)8-11-32-2)17-28(16-20)24(29)27-9-12-33(30,31)13-10-27/h4-7,15,20-21H,3,8-14,16-17H2,1-2H3,(H,25,26). The molecule has 2 atom stereocenters. The van der Waals surface area contributed by atoms with E-state index in [1.54, 1.807) is 12.0 Å². The summed E-state index contributed by atoms with van der Waals surface area (Å²) < 4.78 is 28.8. The SMILES string of the molecule is CCc1ccc(C2CC(c3cc(CCOC)[nH]n3)CN(C(=O)N3CCS(=O)(=O)CC3)C2)cc1. The highest BCUT2D eigenvalue weighted by atomic mass is 32.2. The van der Waals surface area contributed by atoms with Crippen molar-refractivity contribution in [2.24, 2.45) is 0 Å². The Balaban J connectivity index is 1.55. The average Bonchev–Trinajstić information content (AvgIpc) is 3.31. The monoisotopic (exact) mass is 474 g/mol. The molecule has 3 heterocycles. The van der Waals surface area contributed by atoms with Gasteiger partial charge >= 0.3 is 6.03 Å². The third-order valence-corrected chi connectivity index (χ3v) is 8.45. The van der Waals surface area contributed by atoms with Gasteiger partial charge in [-0.05, 0) is 30.0 Å². The molecule has 2 aromatic rings. The van der Waals surface area contributed by atoms with Gasteiger partial charge < -0.3 is 14.5 Å². The fraction of sp³-hybridized carbons (Fsp3) is 0.583. The lowest BCUT2D eigenvalue weighted by atomic mass is 9.82. The number of benzene rings is 1. The van der Waals surface area contributed by atoms with Gasteiger partial charge in [-0.2, -0.15) is 5.10 Å². The van der Waals surface area contributed by atoms with E-state index in [0.29, 0.717) is 19.7 Å². The number of amides is 2. The smallest absolute Gasteiger partial charge is 0.320 e. The van der Waals surface area contributed by atoms with Crippen LogP contribution in [0.1, 0.15) is 47.7 Å². The lowest BCUT2D eigenvalue weighted by Gasteiger charge is -2.40. The Morgan fingerprint density at radius 1 is 1.12 bits per heavy atom. The van der Waals surface area contributed by atoms with Crippen LogP contribution in [0.15, 0.2) is 30.3 Å². The molecule has 2 aliphatic heterocycles. The second kappa shape index (κ2) is 10.3. The molecule has 1 aromatic heterocycles. The summed E-state index contributed by atoms with van der Waals surface area (Å²) in [6.45, 7) is 4.51. The first kappa shape index (κ1) is 23.8. The fourth-order valence-electron chi connectivity index (χ4n) is 4.77. The van der Waals surface area contributed by atoms with Crippen molar-refractivity contribution in [1.29, 1.82) is 0 Å². The molecular weight excluding hydrogens is 440 g/mol. The minimum absolute atomic E-state index is 0.0418. The Labute approximate surface area is 196 Å². The summed E-state index contributed by atoms with van der Waals surface area (Å²) in [5, 5.41) is 7.68. The van der Waals surface area contributed by atoms with Gasteiger partial charge in [0.2, 0.25) is 0 Å². The Morgan fingerprint density at radius 2 is 1.82 bits per heavy atom. The van der Waals surface area contributed by atoms with E-state index in [4.69, 9.17) is 4.74 Å². The molecule has 33 heavy (non-hydrogen) atoms. The van der Waals surface area contributed by atoms with Gasteiger partial charge in [0.25, 0.3) is 0 Å². The average molecular weight is 475 g/mol. The quantitative estimate of drug-likeness (QED) is 0.694. The van der Waals surface area contributed by atoms with Crippen LogP contribution in [0, 0.1) is 0 Å². The molecule has 180 valence electrons. The number of aromatic nitrogens is 2. The summed E-state index contributed by atoms with van der Waals surface area (Å²) >= 11 is 0. The van der Waals surface area contributed by atoms with Gasteiger partial charge in [0.1, 0.15) is 0 Å². The van der Waals surface area contributed by atoms with E-state index in [9.17, 15) is 13.2 Å². The van der Waals surface area contributed by atoms with Gasteiger partial charge in [0, 0.05) is 57.2 Å². The molecule has 8 nitrogen and oxygen atoms in total. The van der Waals surface area contributed by atoms with E-state index in [2.05, 4.69) is 47.5 Å². The summed E-state index contributed by atoms with van der Waals surface area (Å²) in [6.07, 6.45) is 2.68. The zero-order valence-corrected chi connectivity index (χ0v) is 20.3. The van der Waals surface area contributed by atoms with Crippen molar-refractivity contribution in [3.63, 3.8) is 0 Å². The van der Waals surface area contributed by atoms with Crippen molar-refractivity contribution in [2.75, 3.05) is 51.4 Å². The third kappa shape index (κ3) is 5.76. The van der Waals surface area contributed by atoms with Crippen molar-refractivity contribution in [1.82, 2.24) is 20.0 Å². The van der Waals surface area contributed by atoms with Crippen molar-refractivity contribution < 1.29 is 17.9 Å². The highest BCUT2D eigenvalue weighted by molar-refractivity contribution is 7.91. The molecule has 9 heteroatoms. The van der Waals surface area contributed by atoms with Gasteiger partial charge in [-0.25, -0.2) is 13.2 Å². The predicted octanol–water partition coefficient (Wildman–Crippen LogP) is 2.58. The fourth-order valence-corrected chi connectivity index (χ4v) is 5.97. The van der Waals surface area contributed by atoms with Crippen molar-refractivity contribution >= 4 is 15.9 Å². The number of hydrogen-bond donors (Lipinski definition) is 1. The topological polar surface area (TPSA) is 95.6 Å². The number of nitrogens with zero attached hydrogens (tertiary/aromatic N) is 3. The van der Waals surface area contributed by atoms with E-state index >= 15 is 0 Å². The summed E-state index contributed by atoms with van der Waals surface area (Å²) in [6, 6.07) is 10.7. The van der Waals surface area contributed by atoms with Crippen molar-refractivity contribution in [3.05, 3.63) is 52.8 Å². The molecule has 2 amide bonds. The number of aromatic amines is 1. The number of nitrogens with one attached hydrogen (secondary N) is 1. The lowest BCUT2D eigenvalue weighted by molar-refractivity contribution is 0.135. The van der Waals surface area contributed by atoms with E-state index in [1.807, 2.05) is 4.90 Å².